The Kier molecular flexibility index (Phi) is 8.20. The second-order valence-corrected chi connectivity index (χ2v) is 9.06. The van der Waals surface area contributed by atoms with E-state index < -0.39 is 17.8 Å². The molecule has 0 aliphatic carbocycles. The second-order valence-electron chi connectivity index (χ2n) is 8.62. The van der Waals surface area contributed by atoms with Crippen molar-refractivity contribution in [1.82, 2.24) is 10.3 Å². The van der Waals surface area contributed by atoms with Crippen LogP contribution in [0.25, 0.3) is 0 Å². The fourth-order valence-electron chi connectivity index (χ4n) is 3.87. The van der Waals surface area contributed by atoms with Gasteiger partial charge >= 0.3 is 5.97 Å². The molecular formula is C28H27ClN4O4. The van der Waals surface area contributed by atoms with Crippen LogP contribution in [0.5, 0.6) is 5.75 Å². The molecule has 4 rings (SSSR count). The number of hydrogen-bond acceptors (Lipinski definition) is 5. The van der Waals surface area contributed by atoms with E-state index in [2.05, 4.69) is 10.3 Å². The summed E-state index contributed by atoms with van der Waals surface area (Å²) in [5.74, 6) is -1.31. The van der Waals surface area contributed by atoms with Crippen LogP contribution in [0.2, 0.25) is 5.02 Å². The van der Waals surface area contributed by atoms with Crippen molar-refractivity contribution in [3.05, 3.63) is 101 Å². The minimum absolute atomic E-state index is 0.0224. The average Bonchev–Trinajstić information content (AvgIpc) is 3.37. The van der Waals surface area contributed by atoms with Crippen molar-refractivity contribution in [3.63, 3.8) is 0 Å². The predicted molar refractivity (Wildman–Crippen MR) is 143 cm³/mol. The molecule has 0 bridgehead atoms. The number of nitrogens with one attached hydrogen (secondary N) is 1. The molecule has 190 valence electrons. The van der Waals surface area contributed by atoms with Crippen molar-refractivity contribution in [3.8, 4) is 5.75 Å². The number of benzene rings is 3. The first-order valence-corrected chi connectivity index (χ1v) is 12.1. The fraction of sp³-hybridized carbons (Fsp3) is 0.214. The van der Waals surface area contributed by atoms with Gasteiger partial charge in [-0.15, -0.1) is 0 Å². The van der Waals surface area contributed by atoms with Gasteiger partial charge in [0, 0.05) is 16.5 Å². The lowest BCUT2D eigenvalue weighted by molar-refractivity contribution is -0.140. The van der Waals surface area contributed by atoms with Gasteiger partial charge in [0.05, 0.1) is 31.8 Å². The van der Waals surface area contributed by atoms with Gasteiger partial charge in [-0.3, -0.25) is 19.9 Å². The lowest BCUT2D eigenvalue weighted by Gasteiger charge is -2.19. The number of rotatable bonds is 7. The summed E-state index contributed by atoms with van der Waals surface area (Å²) in [7, 11) is 1.61. The molecule has 1 amide bonds. The number of hydrogen-bond donors (Lipinski definition) is 2. The number of amides is 1. The van der Waals surface area contributed by atoms with Crippen LogP contribution in [0.3, 0.4) is 0 Å². The summed E-state index contributed by atoms with van der Waals surface area (Å²) in [6.07, 6.45) is 0. The summed E-state index contributed by atoms with van der Waals surface area (Å²) in [5, 5.41) is 19.2. The van der Waals surface area contributed by atoms with Crippen LogP contribution in [0.1, 0.15) is 34.3 Å². The van der Waals surface area contributed by atoms with E-state index >= 15 is 0 Å². The maximum Gasteiger partial charge on any atom is 0.308 e. The summed E-state index contributed by atoms with van der Waals surface area (Å²) in [5.41, 5.74) is 3.15. The Labute approximate surface area is 220 Å². The molecule has 0 aromatic heterocycles. The maximum atomic E-state index is 13.0. The summed E-state index contributed by atoms with van der Waals surface area (Å²) >= 11 is 5.96. The van der Waals surface area contributed by atoms with Crippen molar-refractivity contribution in [1.29, 1.82) is 0 Å². The third-order valence-electron chi connectivity index (χ3n) is 6.01. The van der Waals surface area contributed by atoms with Gasteiger partial charge in [-0.05, 0) is 59.7 Å². The maximum absolute atomic E-state index is 13.0. The molecule has 3 aromatic carbocycles. The van der Waals surface area contributed by atoms with Crippen molar-refractivity contribution in [2.24, 2.45) is 16.0 Å². The number of hydrazone groups is 1. The number of aliphatic imine (C=N–C) groups is 1. The van der Waals surface area contributed by atoms with Gasteiger partial charge in [-0.25, -0.2) is 5.01 Å². The van der Waals surface area contributed by atoms with Crippen LogP contribution in [-0.4, -0.2) is 53.9 Å². The number of carboxylic acids is 1. The molecule has 0 saturated heterocycles. The van der Waals surface area contributed by atoms with E-state index in [1.807, 2.05) is 54.6 Å². The minimum Gasteiger partial charge on any atom is -0.497 e. The molecule has 2 N–H and O–H groups in total. The van der Waals surface area contributed by atoms with E-state index in [4.69, 9.17) is 21.4 Å². The first-order valence-electron chi connectivity index (χ1n) is 11.7. The number of carboxylic acid groups (broad SMARTS) is 1. The molecule has 9 heteroatoms. The van der Waals surface area contributed by atoms with Crippen LogP contribution in [-0.2, 0) is 4.79 Å². The Morgan fingerprint density at radius 2 is 1.78 bits per heavy atom. The van der Waals surface area contributed by atoms with Gasteiger partial charge in [0.2, 0.25) is 5.96 Å². The molecule has 0 spiro atoms. The number of carbonyl (C=O) groups excluding carboxylic acids is 1. The second kappa shape index (κ2) is 11.7. The molecule has 1 aliphatic rings. The predicted octanol–water partition coefficient (Wildman–Crippen LogP) is 4.66. The van der Waals surface area contributed by atoms with E-state index in [1.165, 1.54) is 0 Å². The normalized spacial score (nSPS) is 16.2. The van der Waals surface area contributed by atoms with Crippen molar-refractivity contribution >= 4 is 35.1 Å². The molecule has 2 atom stereocenters. The van der Waals surface area contributed by atoms with Crippen molar-refractivity contribution in [2.75, 3.05) is 20.2 Å². The van der Waals surface area contributed by atoms with Gasteiger partial charge in [-0.2, -0.15) is 5.10 Å². The van der Waals surface area contributed by atoms with Crippen LogP contribution >= 0.6 is 11.6 Å². The molecule has 1 heterocycles. The number of aliphatic carboxylic acids is 1. The highest BCUT2D eigenvalue weighted by Crippen LogP contribution is 2.29. The first kappa shape index (κ1) is 25.9. The standard InChI is InChI=1S/C28H27ClN4O4/c1-18(27(35)36)16-30-28(31-26(34)21-8-12-22(29)13-9-21)33-17-24(19-6-4-3-5-7-19)25(32-33)20-10-14-23(37-2)15-11-20/h3-15,18,24H,16-17H2,1-2H3,(H,35,36)(H,30,31,34). The number of carbonyl (C=O) groups is 2. The summed E-state index contributed by atoms with van der Waals surface area (Å²) in [6, 6.07) is 24.0. The van der Waals surface area contributed by atoms with Gasteiger partial charge < -0.3 is 9.84 Å². The van der Waals surface area contributed by atoms with E-state index in [-0.39, 0.29) is 18.4 Å². The topological polar surface area (TPSA) is 104 Å². The smallest absolute Gasteiger partial charge is 0.308 e. The number of nitrogens with zero attached hydrogens (tertiary/aromatic N) is 3. The van der Waals surface area contributed by atoms with Gasteiger partial charge in [0.15, 0.2) is 0 Å². The quantitative estimate of drug-likeness (QED) is 0.350. The van der Waals surface area contributed by atoms with E-state index in [0.717, 1.165) is 22.6 Å². The minimum atomic E-state index is -0.974. The number of ether oxygens (including phenoxy) is 1. The largest absolute Gasteiger partial charge is 0.497 e. The third kappa shape index (κ3) is 6.34. The van der Waals surface area contributed by atoms with E-state index in [0.29, 0.717) is 17.1 Å². The highest BCUT2D eigenvalue weighted by atomic mass is 35.5. The Hall–Kier alpha value is -4.17. The third-order valence-corrected chi connectivity index (χ3v) is 6.27. The molecule has 0 radical (unpaired) electrons. The number of methoxy groups -OCH3 is 1. The fourth-order valence-corrected chi connectivity index (χ4v) is 3.99. The summed E-state index contributed by atoms with van der Waals surface area (Å²) in [4.78, 5) is 28.9. The SMILES string of the molecule is COc1ccc(C2=NN(C(=NCC(C)C(=O)O)NC(=O)c3ccc(Cl)cc3)CC2c2ccccc2)cc1. The van der Waals surface area contributed by atoms with Crippen LogP contribution < -0.4 is 10.1 Å². The summed E-state index contributed by atoms with van der Waals surface area (Å²) < 4.78 is 5.30. The molecule has 1 aliphatic heterocycles. The van der Waals surface area contributed by atoms with Gasteiger partial charge in [0.25, 0.3) is 5.91 Å². The lowest BCUT2D eigenvalue weighted by Crippen LogP contribution is -2.42. The molecular weight excluding hydrogens is 492 g/mol. The first-order chi connectivity index (χ1) is 17.9. The highest BCUT2D eigenvalue weighted by Gasteiger charge is 2.32. The Balaban J connectivity index is 1.70. The van der Waals surface area contributed by atoms with E-state index in [9.17, 15) is 14.7 Å². The van der Waals surface area contributed by atoms with Crippen LogP contribution in [0.15, 0.2) is 89.0 Å². The Morgan fingerprint density at radius 1 is 1.11 bits per heavy atom. The molecule has 0 fully saturated rings. The van der Waals surface area contributed by atoms with Crippen LogP contribution in [0, 0.1) is 5.92 Å². The molecule has 0 saturated carbocycles. The zero-order chi connectivity index (χ0) is 26.4. The Morgan fingerprint density at radius 3 is 2.41 bits per heavy atom. The average molecular weight is 519 g/mol. The molecule has 2 unspecified atom stereocenters. The zero-order valence-electron chi connectivity index (χ0n) is 20.5. The molecule has 8 nitrogen and oxygen atoms in total. The van der Waals surface area contributed by atoms with Crippen LogP contribution in [0.4, 0.5) is 0 Å². The number of halogens is 1. The highest BCUT2D eigenvalue weighted by molar-refractivity contribution is 6.30. The van der Waals surface area contributed by atoms with Gasteiger partial charge in [-0.1, -0.05) is 48.9 Å². The van der Waals surface area contributed by atoms with Crippen molar-refractivity contribution < 1.29 is 19.4 Å². The Bertz CT molecular complexity index is 1310. The molecule has 3 aromatic rings. The van der Waals surface area contributed by atoms with E-state index in [1.54, 1.807) is 43.3 Å². The zero-order valence-corrected chi connectivity index (χ0v) is 21.2. The van der Waals surface area contributed by atoms with Gasteiger partial charge in [0.1, 0.15) is 5.75 Å². The monoisotopic (exact) mass is 518 g/mol. The van der Waals surface area contributed by atoms with Crippen molar-refractivity contribution in [2.45, 2.75) is 12.8 Å². The summed E-state index contributed by atoms with van der Waals surface area (Å²) in [6.45, 7) is 1.95. The molecule has 37 heavy (non-hydrogen) atoms. The lowest BCUT2D eigenvalue weighted by atomic mass is 9.90. The number of guanidine groups is 1.